The third-order valence-electron chi connectivity index (χ3n) is 4.22. The Kier molecular flexibility index (Phi) is 5.71. The second kappa shape index (κ2) is 7.32. The Balaban J connectivity index is 2.09. The molecule has 0 spiro atoms. The van der Waals surface area contributed by atoms with Crippen LogP contribution in [-0.4, -0.2) is 29.1 Å². The number of amides is 1. The molecule has 4 heteroatoms. The highest BCUT2D eigenvalue weighted by Gasteiger charge is 2.32. The number of hydrogen-bond acceptors (Lipinski definition) is 3. The monoisotopic (exact) mass is 306 g/mol. The van der Waals surface area contributed by atoms with Gasteiger partial charge in [-0.05, 0) is 57.1 Å². The molecule has 0 saturated heterocycles. The van der Waals surface area contributed by atoms with Crippen LogP contribution in [0.25, 0.3) is 0 Å². The van der Waals surface area contributed by atoms with Crippen molar-refractivity contribution >= 4 is 17.7 Å². The Morgan fingerprint density at radius 2 is 2.19 bits per heavy atom. The van der Waals surface area contributed by atoms with Crippen molar-refractivity contribution in [3.05, 3.63) is 29.8 Å². The van der Waals surface area contributed by atoms with E-state index in [0.717, 1.165) is 19.3 Å². The highest BCUT2D eigenvalue weighted by molar-refractivity contribution is 7.98. The largest absolute Gasteiger partial charge is 0.336 e. The molecule has 2 atom stereocenters. The molecular formula is C17H26N2OS. The first-order valence-electron chi connectivity index (χ1n) is 7.70. The van der Waals surface area contributed by atoms with Gasteiger partial charge in [-0.3, -0.25) is 4.79 Å². The van der Waals surface area contributed by atoms with Crippen molar-refractivity contribution in [2.45, 2.75) is 56.6 Å². The van der Waals surface area contributed by atoms with E-state index in [9.17, 15) is 4.79 Å². The zero-order valence-electron chi connectivity index (χ0n) is 13.2. The first kappa shape index (κ1) is 16.4. The maximum atomic E-state index is 12.8. The molecule has 1 saturated carbocycles. The quantitative estimate of drug-likeness (QED) is 0.849. The average Bonchev–Trinajstić information content (AvgIpc) is 2.90. The van der Waals surface area contributed by atoms with Crippen molar-refractivity contribution in [3.63, 3.8) is 0 Å². The summed E-state index contributed by atoms with van der Waals surface area (Å²) in [5, 5.41) is 0. The third-order valence-corrected chi connectivity index (χ3v) is 4.94. The predicted octanol–water partition coefficient (Wildman–Crippen LogP) is 3.27. The molecule has 0 aliphatic heterocycles. The molecule has 2 N–H and O–H groups in total. The maximum Gasteiger partial charge on any atom is 0.226 e. The first-order valence-corrected chi connectivity index (χ1v) is 8.92. The van der Waals surface area contributed by atoms with E-state index >= 15 is 0 Å². The van der Waals surface area contributed by atoms with E-state index in [2.05, 4.69) is 44.4 Å². The molecule has 0 bridgehead atoms. The van der Waals surface area contributed by atoms with Crippen LogP contribution in [0.5, 0.6) is 0 Å². The van der Waals surface area contributed by atoms with Crippen LogP contribution in [-0.2, 0) is 11.3 Å². The third kappa shape index (κ3) is 4.24. The van der Waals surface area contributed by atoms with Gasteiger partial charge >= 0.3 is 0 Å². The number of carbonyl (C=O) groups is 1. The fourth-order valence-corrected chi connectivity index (χ4v) is 3.44. The van der Waals surface area contributed by atoms with Crippen LogP contribution in [0.3, 0.4) is 0 Å². The summed E-state index contributed by atoms with van der Waals surface area (Å²) in [6.45, 7) is 4.87. The molecule has 0 unspecified atom stereocenters. The average molecular weight is 306 g/mol. The fraction of sp³-hybridized carbons (Fsp3) is 0.588. The molecule has 0 heterocycles. The van der Waals surface area contributed by atoms with Crippen molar-refractivity contribution in [1.29, 1.82) is 0 Å². The highest BCUT2D eigenvalue weighted by atomic mass is 32.2. The fourth-order valence-electron chi connectivity index (χ4n) is 2.96. The van der Waals surface area contributed by atoms with E-state index in [4.69, 9.17) is 5.73 Å². The lowest BCUT2D eigenvalue weighted by atomic mass is 10.0. The van der Waals surface area contributed by atoms with Crippen molar-refractivity contribution in [3.8, 4) is 0 Å². The van der Waals surface area contributed by atoms with Gasteiger partial charge in [-0.2, -0.15) is 0 Å². The van der Waals surface area contributed by atoms with Gasteiger partial charge in [0.1, 0.15) is 0 Å². The summed E-state index contributed by atoms with van der Waals surface area (Å²) in [5.41, 5.74) is 7.16. The summed E-state index contributed by atoms with van der Waals surface area (Å²) >= 11 is 1.73. The van der Waals surface area contributed by atoms with Gasteiger partial charge in [0.15, 0.2) is 0 Å². The highest BCUT2D eigenvalue weighted by Crippen LogP contribution is 2.27. The Morgan fingerprint density at radius 3 is 2.76 bits per heavy atom. The molecule has 0 radical (unpaired) electrons. The van der Waals surface area contributed by atoms with E-state index in [0.29, 0.717) is 6.54 Å². The Bertz CT molecular complexity index is 489. The van der Waals surface area contributed by atoms with Gasteiger partial charge in [0, 0.05) is 29.4 Å². The summed E-state index contributed by atoms with van der Waals surface area (Å²) in [6, 6.07) is 8.86. The summed E-state index contributed by atoms with van der Waals surface area (Å²) in [6.07, 6.45) is 4.83. The topological polar surface area (TPSA) is 46.3 Å². The number of hydrogen-bond donors (Lipinski definition) is 1. The number of rotatable bonds is 5. The van der Waals surface area contributed by atoms with Crippen molar-refractivity contribution in [2.75, 3.05) is 6.26 Å². The summed E-state index contributed by atoms with van der Waals surface area (Å²) in [5.74, 6) is 0.388. The van der Waals surface area contributed by atoms with Crippen LogP contribution < -0.4 is 5.73 Å². The number of nitrogens with zero attached hydrogens (tertiary/aromatic N) is 1. The Hall–Kier alpha value is -1.00. The zero-order valence-corrected chi connectivity index (χ0v) is 14.0. The second-order valence-corrected chi connectivity index (χ2v) is 7.06. The predicted molar refractivity (Wildman–Crippen MR) is 89.2 cm³/mol. The minimum Gasteiger partial charge on any atom is -0.336 e. The molecule has 1 aromatic carbocycles. The molecule has 1 aromatic rings. The van der Waals surface area contributed by atoms with E-state index in [-0.39, 0.29) is 23.9 Å². The van der Waals surface area contributed by atoms with Crippen LogP contribution in [0.4, 0.5) is 0 Å². The van der Waals surface area contributed by atoms with Gasteiger partial charge in [0.05, 0.1) is 0 Å². The molecule has 1 aliphatic rings. The van der Waals surface area contributed by atoms with E-state index in [1.807, 2.05) is 4.90 Å². The Labute approximate surface area is 132 Å². The number of nitrogens with two attached hydrogens (primary N) is 1. The summed E-state index contributed by atoms with van der Waals surface area (Å²) in [7, 11) is 0. The second-order valence-electron chi connectivity index (χ2n) is 6.18. The van der Waals surface area contributed by atoms with E-state index in [1.54, 1.807) is 11.8 Å². The molecule has 1 aliphatic carbocycles. The van der Waals surface area contributed by atoms with Crippen LogP contribution in [0.15, 0.2) is 29.2 Å². The van der Waals surface area contributed by atoms with Gasteiger partial charge in [-0.25, -0.2) is 0 Å². The molecule has 1 fully saturated rings. The zero-order chi connectivity index (χ0) is 15.4. The number of benzene rings is 1. The molecule has 0 aromatic heterocycles. The Morgan fingerprint density at radius 1 is 1.43 bits per heavy atom. The van der Waals surface area contributed by atoms with Crippen LogP contribution in [0.2, 0.25) is 0 Å². The van der Waals surface area contributed by atoms with E-state index < -0.39 is 0 Å². The molecule has 3 nitrogen and oxygen atoms in total. The van der Waals surface area contributed by atoms with Crippen molar-refractivity contribution in [2.24, 2.45) is 11.7 Å². The molecule has 21 heavy (non-hydrogen) atoms. The van der Waals surface area contributed by atoms with Gasteiger partial charge in [0.2, 0.25) is 5.91 Å². The molecule has 1 amide bonds. The minimum absolute atomic E-state index is 0.117. The molecule has 2 rings (SSSR count). The van der Waals surface area contributed by atoms with Crippen molar-refractivity contribution in [1.82, 2.24) is 4.90 Å². The van der Waals surface area contributed by atoms with Crippen molar-refractivity contribution < 1.29 is 4.79 Å². The molecular weight excluding hydrogens is 280 g/mol. The van der Waals surface area contributed by atoms with Gasteiger partial charge in [-0.1, -0.05) is 12.1 Å². The SMILES string of the molecule is CSc1cccc(CN(C(=O)[C@H]2CC[C@@H](N)C2)C(C)C)c1. The standard InChI is InChI=1S/C17H26N2OS/c1-12(2)19(17(20)14-7-8-15(18)10-14)11-13-5-4-6-16(9-13)21-3/h4-6,9,12,14-15H,7-8,10-11,18H2,1-3H3/t14-,15+/m0/s1. The van der Waals surface area contributed by atoms with Crippen LogP contribution >= 0.6 is 11.8 Å². The van der Waals surface area contributed by atoms with E-state index in [1.165, 1.54) is 10.5 Å². The van der Waals surface area contributed by atoms with Crippen LogP contribution in [0.1, 0.15) is 38.7 Å². The smallest absolute Gasteiger partial charge is 0.226 e. The maximum absolute atomic E-state index is 12.8. The van der Waals surface area contributed by atoms with Crippen LogP contribution in [0, 0.1) is 5.92 Å². The van der Waals surface area contributed by atoms with Gasteiger partial charge < -0.3 is 10.6 Å². The summed E-state index contributed by atoms with van der Waals surface area (Å²) in [4.78, 5) is 16.0. The number of carbonyl (C=O) groups excluding carboxylic acids is 1. The van der Waals surface area contributed by atoms with Gasteiger partial charge in [-0.15, -0.1) is 11.8 Å². The summed E-state index contributed by atoms with van der Waals surface area (Å²) < 4.78 is 0. The first-order chi connectivity index (χ1) is 10.0. The lowest BCUT2D eigenvalue weighted by Crippen LogP contribution is -2.40. The lowest BCUT2D eigenvalue weighted by molar-refractivity contribution is -0.137. The van der Waals surface area contributed by atoms with Gasteiger partial charge in [0.25, 0.3) is 0 Å². The number of thioether (sulfide) groups is 1. The normalized spacial score (nSPS) is 21.8. The lowest BCUT2D eigenvalue weighted by Gasteiger charge is -2.29. The molecule has 116 valence electrons. The minimum atomic E-state index is 0.117.